The molecule has 1 fully saturated rings. The summed E-state index contributed by atoms with van der Waals surface area (Å²) in [7, 11) is 0. The Bertz CT molecular complexity index is 495. The molecule has 0 radical (unpaired) electrons. The van der Waals surface area contributed by atoms with E-state index in [1.807, 2.05) is 12.1 Å². The van der Waals surface area contributed by atoms with Crippen molar-refractivity contribution in [3.8, 4) is 0 Å². The van der Waals surface area contributed by atoms with Crippen molar-refractivity contribution in [2.75, 3.05) is 24.5 Å². The van der Waals surface area contributed by atoms with Crippen LogP contribution in [-0.4, -0.2) is 25.7 Å². The molecule has 0 spiro atoms. The van der Waals surface area contributed by atoms with Gasteiger partial charge in [-0.3, -0.25) is 0 Å². The Balaban J connectivity index is 1.38. The van der Waals surface area contributed by atoms with Gasteiger partial charge in [-0.05, 0) is 43.7 Å². The van der Waals surface area contributed by atoms with Crippen LogP contribution in [0.25, 0.3) is 0 Å². The Labute approximate surface area is 120 Å². The highest BCUT2D eigenvalue weighted by Gasteiger charge is 2.21. The molecule has 0 amide bonds. The summed E-state index contributed by atoms with van der Waals surface area (Å²) in [5, 5.41) is 3.66. The summed E-state index contributed by atoms with van der Waals surface area (Å²) < 4.78 is 5.34. The quantitative estimate of drug-likeness (QED) is 0.818. The zero-order valence-corrected chi connectivity index (χ0v) is 11.8. The third-order valence-corrected chi connectivity index (χ3v) is 3.92. The van der Waals surface area contributed by atoms with Gasteiger partial charge in [-0.1, -0.05) is 18.2 Å². The molecule has 20 heavy (non-hydrogen) atoms. The number of furan rings is 1. The van der Waals surface area contributed by atoms with Gasteiger partial charge >= 0.3 is 0 Å². The second-order valence-corrected chi connectivity index (χ2v) is 5.40. The highest BCUT2D eigenvalue weighted by Crippen LogP contribution is 2.19. The van der Waals surface area contributed by atoms with E-state index in [4.69, 9.17) is 4.42 Å². The Hall–Kier alpha value is -1.74. The zero-order valence-electron chi connectivity index (χ0n) is 11.8. The number of nitrogens with one attached hydrogen (secondary N) is 1. The van der Waals surface area contributed by atoms with E-state index in [9.17, 15) is 0 Å². The van der Waals surface area contributed by atoms with Crippen LogP contribution in [0.3, 0.4) is 0 Å². The monoisotopic (exact) mass is 270 g/mol. The van der Waals surface area contributed by atoms with Crippen molar-refractivity contribution in [3.05, 3.63) is 54.5 Å². The number of para-hydroxylation sites is 1. The SMILES string of the molecule is c1ccc(N2CCC(NCCCc3ccco3)C2)cc1. The Kier molecular flexibility index (Phi) is 4.38. The van der Waals surface area contributed by atoms with Crippen molar-refractivity contribution in [2.45, 2.75) is 25.3 Å². The second-order valence-electron chi connectivity index (χ2n) is 5.40. The second kappa shape index (κ2) is 6.62. The van der Waals surface area contributed by atoms with Gasteiger partial charge < -0.3 is 14.6 Å². The Morgan fingerprint density at radius 2 is 2.05 bits per heavy atom. The van der Waals surface area contributed by atoms with Gasteiger partial charge in [0.2, 0.25) is 0 Å². The first-order valence-corrected chi connectivity index (χ1v) is 7.47. The molecule has 3 nitrogen and oxygen atoms in total. The van der Waals surface area contributed by atoms with Crippen LogP contribution in [0.4, 0.5) is 5.69 Å². The number of benzene rings is 1. The van der Waals surface area contributed by atoms with Crippen molar-refractivity contribution in [2.24, 2.45) is 0 Å². The number of rotatable bonds is 6. The minimum absolute atomic E-state index is 0.617. The van der Waals surface area contributed by atoms with Crippen LogP contribution in [0.2, 0.25) is 0 Å². The average molecular weight is 270 g/mol. The van der Waals surface area contributed by atoms with Gasteiger partial charge in [0.1, 0.15) is 5.76 Å². The van der Waals surface area contributed by atoms with Gasteiger partial charge in [-0.2, -0.15) is 0 Å². The molecule has 106 valence electrons. The lowest BCUT2D eigenvalue weighted by Gasteiger charge is -2.19. The molecule has 1 aliphatic rings. The van der Waals surface area contributed by atoms with Gasteiger partial charge in [0.05, 0.1) is 6.26 Å². The smallest absolute Gasteiger partial charge is 0.103 e. The molecule has 0 saturated carbocycles. The summed E-state index contributed by atoms with van der Waals surface area (Å²) in [5.74, 6) is 1.09. The fourth-order valence-electron chi connectivity index (χ4n) is 2.82. The van der Waals surface area contributed by atoms with Crippen molar-refractivity contribution in [1.82, 2.24) is 5.32 Å². The molecule has 1 saturated heterocycles. The van der Waals surface area contributed by atoms with Crippen LogP contribution in [0.1, 0.15) is 18.6 Å². The Morgan fingerprint density at radius 3 is 2.85 bits per heavy atom. The summed E-state index contributed by atoms with van der Waals surface area (Å²) >= 11 is 0. The van der Waals surface area contributed by atoms with E-state index in [2.05, 4.69) is 40.5 Å². The summed E-state index contributed by atoms with van der Waals surface area (Å²) in [6.45, 7) is 3.33. The van der Waals surface area contributed by atoms with Crippen LogP contribution >= 0.6 is 0 Å². The molecule has 1 N–H and O–H groups in total. The fraction of sp³-hybridized carbons (Fsp3) is 0.412. The van der Waals surface area contributed by atoms with Crippen LogP contribution < -0.4 is 10.2 Å². The lowest BCUT2D eigenvalue weighted by molar-refractivity contribution is 0.483. The molecule has 2 heterocycles. The van der Waals surface area contributed by atoms with E-state index in [1.54, 1.807) is 6.26 Å². The molecule has 2 aromatic rings. The molecule has 1 unspecified atom stereocenters. The maximum atomic E-state index is 5.34. The van der Waals surface area contributed by atoms with E-state index in [1.165, 1.54) is 12.1 Å². The van der Waals surface area contributed by atoms with E-state index < -0.39 is 0 Å². The first kappa shape index (κ1) is 13.3. The van der Waals surface area contributed by atoms with Crippen molar-refractivity contribution >= 4 is 5.69 Å². The molecular weight excluding hydrogens is 248 g/mol. The maximum absolute atomic E-state index is 5.34. The summed E-state index contributed by atoms with van der Waals surface area (Å²) in [6.07, 6.45) is 5.14. The van der Waals surface area contributed by atoms with Crippen molar-refractivity contribution in [3.63, 3.8) is 0 Å². The highest BCUT2D eigenvalue weighted by molar-refractivity contribution is 5.47. The van der Waals surface area contributed by atoms with E-state index in [0.29, 0.717) is 6.04 Å². The third-order valence-electron chi connectivity index (χ3n) is 3.92. The molecule has 1 atom stereocenters. The minimum atomic E-state index is 0.617. The van der Waals surface area contributed by atoms with Gasteiger partial charge in [-0.25, -0.2) is 0 Å². The lowest BCUT2D eigenvalue weighted by atomic mass is 10.2. The zero-order chi connectivity index (χ0) is 13.6. The van der Waals surface area contributed by atoms with E-state index in [0.717, 1.165) is 38.2 Å². The number of nitrogens with zero attached hydrogens (tertiary/aromatic N) is 1. The largest absolute Gasteiger partial charge is 0.469 e. The summed E-state index contributed by atoms with van der Waals surface area (Å²) in [6, 6.07) is 15.3. The summed E-state index contributed by atoms with van der Waals surface area (Å²) in [4.78, 5) is 2.46. The molecule has 3 rings (SSSR count). The predicted octanol–water partition coefficient (Wildman–Crippen LogP) is 3.08. The third kappa shape index (κ3) is 3.42. The Morgan fingerprint density at radius 1 is 1.15 bits per heavy atom. The fourth-order valence-corrected chi connectivity index (χ4v) is 2.82. The first-order chi connectivity index (χ1) is 9.92. The van der Waals surface area contributed by atoms with Gasteiger partial charge in [0.15, 0.2) is 0 Å². The normalized spacial score (nSPS) is 18.6. The van der Waals surface area contributed by atoms with Crippen LogP contribution in [0.5, 0.6) is 0 Å². The predicted molar refractivity (Wildman–Crippen MR) is 82.1 cm³/mol. The minimum Gasteiger partial charge on any atom is -0.469 e. The van der Waals surface area contributed by atoms with Crippen LogP contribution in [0, 0.1) is 0 Å². The van der Waals surface area contributed by atoms with E-state index >= 15 is 0 Å². The van der Waals surface area contributed by atoms with Crippen molar-refractivity contribution in [1.29, 1.82) is 0 Å². The van der Waals surface area contributed by atoms with Gasteiger partial charge in [0, 0.05) is 31.2 Å². The van der Waals surface area contributed by atoms with E-state index in [-0.39, 0.29) is 0 Å². The van der Waals surface area contributed by atoms with Gasteiger partial charge in [0.25, 0.3) is 0 Å². The molecule has 0 aliphatic carbocycles. The maximum Gasteiger partial charge on any atom is 0.103 e. The standard InChI is InChI=1S/C17H22N2O/c1-2-6-16(7-3-1)19-12-10-15(14-19)18-11-4-8-17-9-5-13-20-17/h1-3,5-7,9,13,15,18H,4,8,10-12,14H2. The lowest BCUT2D eigenvalue weighted by Crippen LogP contribution is -2.33. The number of anilines is 1. The van der Waals surface area contributed by atoms with Crippen LogP contribution in [0.15, 0.2) is 53.1 Å². The topological polar surface area (TPSA) is 28.4 Å². The number of aryl methyl sites for hydroxylation is 1. The number of hydrogen-bond acceptors (Lipinski definition) is 3. The average Bonchev–Trinajstić information content (AvgIpc) is 3.16. The molecule has 1 aromatic heterocycles. The number of hydrogen-bond donors (Lipinski definition) is 1. The van der Waals surface area contributed by atoms with Crippen molar-refractivity contribution < 1.29 is 4.42 Å². The van der Waals surface area contributed by atoms with Crippen LogP contribution in [-0.2, 0) is 6.42 Å². The first-order valence-electron chi connectivity index (χ1n) is 7.47. The molecule has 3 heteroatoms. The molecule has 1 aliphatic heterocycles. The highest BCUT2D eigenvalue weighted by atomic mass is 16.3. The summed E-state index contributed by atoms with van der Waals surface area (Å²) in [5.41, 5.74) is 1.34. The van der Waals surface area contributed by atoms with Gasteiger partial charge in [-0.15, -0.1) is 0 Å². The molecule has 0 bridgehead atoms. The molecule has 1 aromatic carbocycles. The molecular formula is C17H22N2O.